The molecular weight excluding hydrogens is 298 g/mol. The van der Waals surface area contributed by atoms with Crippen LogP contribution >= 0.6 is 28.9 Å². The molecule has 2 rings (SSSR count). The Bertz CT molecular complexity index is 326. The fourth-order valence-corrected chi connectivity index (χ4v) is 1.02. The van der Waals surface area contributed by atoms with Crippen LogP contribution < -0.4 is 0 Å². The van der Waals surface area contributed by atoms with E-state index in [1.54, 1.807) is 0 Å². The molecule has 0 fully saturated rings. The monoisotopic (exact) mass is 303 g/mol. The van der Waals surface area contributed by atoms with E-state index in [-0.39, 0.29) is 0 Å². The molecule has 2 aromatic rings. The van der Waals surface area contributed by atoms with E-state index in [0.717, 1.165) is 5.52 Å². The molecule has 0 spiro atoms. The van der Waals surface area contributed by atoms with Gasteiger partial charge in [0.05, 0.1) is 5.52 Å². The Morgan fingerprint density at radius 1 is 0.929 bits per heavy atom. The molecule has 0 atom stereocenters. The number of fused-ring (bicyclic) bond motifs is 1. The molecule has 72 valence electrons. The van der Waals surface area contributed by atoms with Gasteiger partial charge in [-0.2, -0.15) is 0 Å². The van der Waals surface area contributed by atoms with Crippen molar-refractivity contribution in [1.29, 1.82) is 0 Å². The van der Waals surface area contributed by atoms with Crippen molar-refractivity contribution in [3.05, 3.63) is 42.6 Å². The number of hydrogen-bond donors (Lipinski definition) is 0. The second-order valence-corrected chi connectivity index (χ2v) is 13.8. The van der Waals surface area contributed by atoms with Crippen molar-refractivity contribution < 1.29 is 0 Å². The maximum atomic E-state index is 4.99. The van der Waals surface area contributed by atoms with Crippen LogP contribution in [0, 0.1) is 0 Å². The summed E-state index contributed by atoms with van der Waals surface area (Å²) in [6, 6.07) is 12.1. The number of halogens is 3. The Morgan fingerprint density at radius 2 is 1.50 bits per heavy atom. The van der Waals surface area contributed by atoms with Crippen LogP contribution in [-0.2, 0) is 0 Å². The van der Waals surface area contributed by atoms with Gasteiger partial charge in [0, 0.05) is 11.6 Å². The zero-order valence-corrected chi connectivity index (χ0v) is 11.9. The van der Waals surface area contributed by atoms with Crippen molar-refractivity contribution in [3.8, 4) is 0 Å². The van der Waals surface area contributed by atoms with E-state index in [4.69, 9.17) is 28.9 Å². The number of nitrogens with zero attached hydrogens (tertiary/aromatic N) is 1. The summed E-state index contributed by atoms with van der Waals surface area (Å²) < 4.78 is 0. The first-order chi connectivity index (χ1) is 6.70. The Labute approximate surface area is 100 Å². The molecule has 0 saturated heterocycles. The first-order valence-electron chi connectivity index (χ1n) is 3.92. The molecule has 0 N–H and O–H groups in total. The van der Waals surface area contributed by atoms with Crippen molar-refractivity contribution in [2.75, 3.05) is 0 Å². The molecule has 1 nitrogen and oxygen atoms in total. The van der Waals surface area contributed by atoms with Gasteiger partial charge in [-0.3, -0.25) is 4.98 Å². The van der Waals surface area contributed by atoms with E-state index in [1.165, 1.54) is 5.39 Å². The van der Waals surface area contributed by atoms with Gasteiger partial charge in [0.25, 0.3) is 0 Å². The summed E-state index contributed by atoms with van der Waals surface area (Å²) in [7, 11) is 15.0. The molecule has 0 aliphatic rings. The Hall–Kier alpha value is 0.136. The number of pyridine rings is 1. The molecule has 0 saturated carbocycles. The predicted octanol–water partition coefficient (Wildman–Crippen LogP) is 3.92. The predicted molar refractivity (Wildman–Crippen MR) is 65.1 cm³/mol. The van der Waals surface area contributed by atoms with Gasteiger partial charge in [-0.1, -0.05) is 24.3 Å². The summed E-state index contributed by atoms with van der Waals surface area (Å²) >= 11 is -2.06. The summed E-state index contributed by atoms with van der Waals surface area (Å²) in [6.45, 7) is 0. The topological polar surface area (TPSA) is 12.9 Å². The SMILES string of the molecule is [Cl][Ga]([Cl])[Cl].c1ccc2ncccc2c1. The number of para-hydroxylation sites is 1. The van der Waals surface area contributed by atoms with Gasteiger partial charge in [0.15, 0.2) is 0 Å². The zero-order valence-electron chi connectivity index (χ0n) is 7.20. The van der Waals surface area contributed by atoms with Crippen LogP contribution in [0.15, 0.2) is 42.6 Å². The molecule has 1 aromatic carbocycles. The number of rotatable bonds is 0. The van der Waals surface area contributed by atoms with Crippen LogP contribution in [0.25, 0.3) is 10.9 Å². The van der Waals surface area contributed by atoms with Crippen molar-refractivity contribution in [2.45, 2.75) is 0 Å². The van der Waals surface area contributed by atoms with E-state index >= 15 is 0 Å². The van der Waals surface area contributed by atoms with Crippen LogP contribution in [0.2, 0.25) is 0 Å². The van der Waals surface area contributed by atoms with Gasteiger partial charge in [0.1, 0.15) is 0 Å². The average Bonchev–Trinajstić information content (AvgIpc) is 2.17. The second kappa shape index (κ2) is 6.59. The molecule has 14 heavy (non-hydrogen) atoms. The maximum absolute atomic E-state index is 4.99. The number of benzene rings is 1. The third-order valence-electron chi connectivity index (χ3n) is 1.51. The van der Waals surface area contributed by atoms with Crippen molar-refractivity contribution in [1.82, 2.24) is 4.98 Å². The molecule has 1 heterocycles. The number of hydrogen-bond acceptors (Lipinski definition) is 1. The van der Waals surface area contributed by atoms with Crippen molar-refractivity contribution in [3.63, 3.8) is 0 Å². The van der Waals surface area contributed by atoms with Crippen molar-refractivity contribution >= 4 is 53.0 Å². The van der Waals surface area contributed by atoms with E-state index in [0.29, 0.717) is 0 Å². The Balaban J connectivity index is 0.000000213. The van der Waals surface area contributed by atoms with Gasteiger partial charge in [-0.05, 0) is 12.1 Å². The van der Waals surface area contributed by atoms with Gasteiger partial charge >= 0.3 is 42.1 Å². The van der Waals surface area contributed by atoms with Gasteiger partial charge < -0.3 is 0 Å². The first kappa shape index (κ1) is 12.2. The Morgan fingerprint density at radius 3 is 2.14 bits per heavy atom. The molecular formula is C9H7Cl3GaN. The molecule has 0 radical (unpaired) electrons. The maximum Gasteiger partial charge on any atom is 0.0701 e. The van der Waals surface area contributed by atoms with E-state index in [2.05, 4.69) is 17.1 Å². The quantitative estimate of drug-likeness (QED) is 0.672. The van der Waals surface area contributed by atoms with E-state index < -0.39 is 13.2 Å². The fraction of sp³-hybridized carbons (Fsp3) is 0. The summed E-state index contributed by atoms with van der Waals surface area (Å²) in [5.74, 6) is 0. The summed E-state index contributed by atoms with van der Waals surface area (Å²) in [4.78, 5) is 4.18. The van der Waals surface area contributed by atoms with Gasteiger partial charge in [-0.25, -0.2) is 0 Å². The summed E-state index contributed by atoms with van der Waals surface area (Å²) in [5, 5.41) is 1.20. The fourth-order valence-electron chi connectivity index (χ4n) is 1.02. The molecule has 0 aliphatic carbocycles. The van der Waals surface area contributed by atoms with E-state index in [1.807, 2.05) is 30.5 Å². The standard InChI is InChI=1S/C9H7N.3ClH.Ga/c1-2-6-9-8(4-1)5-3-7-10-9;;;;/h1-7H;3*1H;/q;;;;+3/p-3. The van der Waals surface area contributed by atoms with E-state index in [9.17, 15) is 0 Å². The first-order valence-corrected chi connectivity index (χ1v) is 13.5. The van der Waals surface area contributed by atoms with Crippen LogP contribution in [0.4, 0.5) is 0 Å². The second-order valence-electron chi connectivity index (χ2n) is 2.44. The molecule has 0 unspecified atom stereocenters. The molecule has 0 amide bonds. The third-order valence-corrected chi connectivity index (χ3v) is 1.51. The normalized spacial score (nSPS) is 9.07. The van der Waals surface area contributed by atoms with Crippen LogP contribution in [0.5, 0.6) is 0 Å². The molecule has 5 heteroatoms. The van der Waals surface area contributed by atoms with Crippen LogP contribution in [-0.4, -0.2) is 18.2 Å². The molecule has 0 aliphatic heterocycles. The molecule has 0 bridgehead atoms. The largest absolute Gasteiger partial charge is 0.256 e. The van der Waals surface area contributed by atoms with Gasteiger partial charge in [0.2, 0.25) is 0 Å². The van der Waals surface area contributed by atoms with Crippen LogP contribution in [0.3, 0.4) is 0 Å². The Kier molecular flexibility index (Phi) is 5.75. The third kappa shape index (κ3) is 4.58. The van der Waals surface area contributed by atoms with Crippen molar-refractivity contribution in [2.24, 2.45) is 0 Å². The number of aromatic nitrogens is 1. The average molecular weight is 305 g/mol. The zero-order chi connectivity index (χ0) is 10.4. The molecule has 1 aromatic heterocycles. The van der Waals surface area contributed by atoms with Gasteiger partial charge in [-0.15, -0.1) is 0 Å². The summed E-state index contributed by atoms with van der Waals surface area (Å²) in [5.41, 5.74) is 1.06. The minimum Gasteiger partial charge on any atom is -0.256 e. The summed E-state index contributed by atoms with van der Waals surface area (Å²) in [6.07, 6.45) is 1.81. The minimum absolute atomic E-state index is 1.06. The van der Waals surface area contributed by atoms with Crippen LogP contribution in [0.1, 0.15) is 0 Å². The minimum atomic E-state index is -2.06. The smallest absolute Gasteiger partial charge is 0.0701 e.